The lowest BCUT2D eigenvalue weighted by molar-refractivity contribution is 0.0387. The molecule has 0 radical (unpaired) electrons. The smallest absolute Gasteiger partial charge is 0.343 e. The molecule has 0 amide bonds. The van der Waals surface area contributed by atoms with Gasteiger partial charge < -0.3 is 14.2 Å². The van der Waals surface area contributed by atoms with E-state index in [0.717, 1.165) is 0 Å². The van der Waals surface area contributed by atoms with Gasteiger partial charge in [-0.3, -0.25) is 4.79 Å². The summed E-state index contributed by atoms with van der Waals surface area (Å²) in [5.74, 6) is -0.782. The highest BCUT2D eigenvalue weighted by Crippen LogP contribution is 2.15. The molecule has 0 atom stereocenters. The summed E-state index contributed by atoms with van der Waals surface area (Å²) in [6, 6.07) is 12.2. The Bertz CT molecular complexity index is 746. The molecule has 0 unspecified atom stereocenters. The number of ketones is 1. The molecule has 2 rings (SSSR count). The van der Waals surface area contributed by atoms with Crippen molar-refractivity contribution in [2.45, 2.75) is 6.92 Å². The molecule has 130 valence electrons. The van der Waals surface area contributed by atoms with Gasteiger partial charge in [-0.15, -0.1) is 0 Å². The maximum atomic E-state index is 12.1. The van der Waals surface area contributed by atoms with Crippen LogP contribution in [-0.2, 0) is 9.47 Å². The van der Waals surface area contributed by atoms with Gasteiger partial charge in [0.15, 0.2) is 5.78 Å². The monoisotopic (exact) mass is 342 g/mol. The average Bonchev–Trinajstić information content (AvgIpc) is 2.62. The molecule has 0 N–H and O–H groups in total. The number of carbonyl (C=O) groups is 3. The van der Waals surface area contributed by atoms with Crippen LogP contribution in [0, 0.1) is 0 Å². The summed E-state index contributed by atoms with van der Waals surface area (Å²) in [5.41, 5.74) is 1.17. The highest BCUT2D eigenvalue weighted by molar-refractivity contribution is 5.95. The predicted octanol–water partition coefficient (Wildman–Crippen LogP) is 2.91. The second-order valence-corrected chi connectivity index (χ2v) is 5.18. The highest BCUT2D eigenvalue weighted by Gasteiger charge is 2.12. The fourth-order valence-electron chi connectivity index (χ4n) is 1.97. The lowest BCUT2D eigenvalue weighted by Crippen LogP contribution is -2.11. The van der Waals surface area contributed by atoms with E-state index in [4.69, 9.17) is 14.2 Å². The zero-order chi connectivity index (χ0) is 18.2. The second-order valence-electron chi connectivity index (χ2n) is 5.18. The van der Waals surface area contributed by atoms with E-state index in [-0.39, 0.29) is 12.4 Å². The number of hydrogen-bond acceptors (Lipinski definition) is 6. The van der Waals surface area contributed by atoms with Crippen LogP contribution in [0.15, 0.2) is 48.5 Å². The summed E-state index contributed by atoms with van der Waals surface area (Å²) in [4.78, 5) is 35.1. The van der Waals surface area contributed by atoms with E-state index in [1.165, 1.54) is 38.3 Å². The van der Waals surface area contributed by atoms with Crippen molar-refractivity contribution in [2.75, 3.05) is 20.3 Å². The third kappa shape index (κ3) is 5.26. The summed E-state index contributed by atoms with van der Waals surface area (Å²) in [6.45, 7) is 1.94. The van der Waals surface area contributed by atoms with Gasteiger partial charge in [0, 0.05) is 12.7 Å². The third-order valence-corrected chi connectivity index (χ3v) is 3.35. The molecule has 2 aromatic carbocycles. The molecule has 6 heteroatoms. The largest absolute Gasteiger partial charge is 0.460 e. The molecule has 0 spiro atoms. The lowest BCUT2D eigenvalue weighted by Gasteiger charge is -2.06. The normalized spacial score (nSPS) is 10.2. The number of ether oxygens (including phenoxy) is 3. The van der Waals surface area contributed by atoms with Crippen molar-refractivity contribution in [3.63, 3.8) is 0 Å². The maximum Gasteiger partial charge on any atom is 0.343 e. The number of carbonyl (C=O) groups excluding carboxylic acids is 3. The lowest BCUT2D eigenvalue weighted by atomic mass is 10.1. The van der Waals surface area contributed by atoms with Crippen molar-refractivity contribution in [1.29, 1.82) is 0 Å². The van der Waals surface area contributed by atoms with E-state index in [0.29, 0.717) is 29.0 Å². The van der Waals surface area contributed by atoms with E-state index in [9.17, 15) is 14.4 Å². The topological polar surface area (TPSA) is 78.9 Å². The Morgan fingerprint density at radius 2 is 1.28 bits per heavy atom. The molecule has 0 aromatic heterocycles. The standard InChI is InChI=1S/C19H18O6/c1-13(20)14-7-9-17(10-8-14)25-19(22)16-5-3-15(4-6-16)18(21)24-12-11-23-2/h3-10H,11-12H2,1-2H3. The van der Waals surface area contributed by atoms with E-state index in [1.54, 1.807) is 24.3 Å². The van der Waals surface area contributed by atoms with Gasteiger partial charge in [-0.25, -0.2) is 9.59 Å². The van der Waals surface area contributed by atoms with Crippen LogP contribution in [0.25, 0.3) is 0 Å². The molecule has 0 bridgehead atoms. The van der Waals surface area contributed by atoms with Crippen molar-refractivity contribution in [3.05, 3.63) is 65.2 Å². The number of benzene rings is 2. The van der Waals surface area contributed by atoms with Crippen molar-refractivity contribution < 1.29 is 28.6 Å². The fourth-order valence-corrected chi connectivity index (χ4v) is 1.97. The highest BCUT2D eigenvalue weighted by atomic mass is 16.6. The van der Waals surface area contributed by atoms with Gasteiger partial charge in [0.1, 0.15) is 12.4 Å². The molecule has 0 heterocycles. The Hall–Kier alpha value is -2.99. The molecule has 2 aromatic rings. The Kier molecular flexibility index (Phi) is 6.42. The van der Waals surface area contributed by atoms with E-state index >= 15 is 0 Å². The molecular weight excluding hydrogens is 324 g/mol. The van der Waals surface area contributed by atoms with Gasteiger partial charge in [-0.2, -0.15) is 0 Å². The molecule has 0 saturated heterocycles. The summed E-state index contributed by atoms with van der Waals surface area (Å²) in [7, 11) is 1.52. The molecule has 0 saturated carbocycles. The summed E-state index contributed by atoms with van der Waals surface area (Å²) >= 11 is 0. The van der Waals surface area contributed by atoms with Gasteiger partial charge in [0.05, 0.1) is 17.7 Å². The van der Waals surface area contributed by atoms with Crippen molar-refractivity contribution in [3.8, 4) is 5.75 Å². The summed E-state index contributed by atoms with van der Waals surface area (Å²) in [5, 5.41) is 0. The van der Waals surface area contributed by atoms with Crippen molar-refractivity contribution in [1.82, 2.24) is 0 Å². The van der Waals surface area contributed by atoms with E-state index in [2.05, 4.69) is 0 Å². The first-order valence-corrected chi connectivity index (χ1v) is 7.60. The van der Waals surface area contributed by atoms with Gasteiger partial charge >= 0.3 is 11.9 Å². The first-order valence-electron chi connectivity index (χ1n) is 7.60. The molecular formula is C19H18O6. The first-order chi connectivity index (χ1) is 12.0. The number of Topliss-reactive ketones (excluding diaryl/α,β-unsaturated/α-hetero) is 1. The van der Waals surface area contributed by atoms with Gasteiger partial charge in [-0.1, -0.05) is 0 Å². The van der Waals surface area contributed by atoms with Gasteiger partial charge in [0.2, 0.25) is 0 Å². The van der Waals surface area contributed by atoms with Crippen molar-refractivity contribution >= 4 is 17.7 Å². The quantitative estimate of drug-likeness (QED) is 0.333. The van der Waals surface area contributed by atoms with E-state index in [1.807, 2.05) is 0 Å². The minimum absolute atomic E-state index is 0.0640. The van der Waals surface area contributed by atoms with Gasteiger partial charge in [0.25, 0.3) is 0 Å². The number of esters is 2. The Labute approximate surface area is 145 Å². The van der Waals surface area contributed by atoms with Crippen LogP contribution in [0.5, 0.6) is 5.75 Å². The molecule has 6 nitrogen and oxygen atoms in total. The molecule has 0 aliphatic carbocycles. The van der Waals surface area contributed by atoms with Crippen molar-refractivity contribution in [2.24, 2.45) is 0 Å². The Morgan fingerprint density at radius 3 is 1.80 bits per heavy atom. The molecule has 0 fully saturated rings. The van der Waals surface area contributed by atoms with E-state index < -0.39 is 11.9 Å². The van der Waals surface area contributed by atoms with Crippen LogP contribution in [0.2, 0.25) is 0 Å². The molecule has 25 heavy (non-hydrogen) atoms. The Morgan fingerprint density at radius 1 is 0.760 bits per heavy atom. The number of rotatable bonds is 7. The molecule has 0 aliphatic rings. The minimum atomic E-state index is -0.560. The average molecular weight is 342 g/mol. The van der Waals surface area contributed by atoms with Crippen LogP contribution >= 0.6 is 0 Å². The first kappa shape index (κ1) is 18.4. The molecule has 0 aliphatic heterocycles. The van der Waals surface area contributed by atoms with Crippen LogP contribution in [-0.4, -0.2) is 38.0 Å². The van der Waals surface area contributed by atoms with Crippen LogP contribution in [0.3, 0.4) is 0 Å². The van der Waals surface area contributed by atoms with Crippen LogP contribution < -0.4 is 4.74 Å². The third-order valence-electron chi connectivity index (χ3n) is 3.35. The summed E-state index contributed by atoms with van der Waals surface area (Å²) in [6.07, 6.45) is 0. The second kappa shape index (κ2) is 8.75. The number of methoxy groups -OCH3 is 1. The van der Waals surface area contributed by atoms with Crippen LogP contribution in [0.1, 0.15) is 38.0 Å². The van der Waals surface area contributed by atoms with Gasteiger partial charge in [-0.05, 0) is 55.5 Å². The summed E-state index contributed by atoms with van der Waals surface area (Å²) < 4.78 is 15.0. The fraction of sp³-hybridized carbons (Fsp3) is 0.211. The maximum absolute atomic E-state index is 12.1. The zero-order valence-corrected chi connectivity index (χ0v) is 14.0. The zero-order valence-electron chi connectivity index (χ0n) is 14.0. The minimum Gasteiger partial charge on any atom is -0.460 e. The predicted molar refractivity (Wildman–Crippen MR) is 90.0 cm³/mol. The van der Waals surface area contributed by atoms with Crippen LogP contribution in [0.4, 0.5) is 0 Å². The number of hydrogen-bond donors (Lipinski definition) is 0. The SMILES string of the molecule is COCCOC(=O)c1ccc(C(=O)Oc2ccc(C(C)=O)cc2)cc1. The Balaban J connectivity index is 1.97.